The van der Waals surface area contributed by atoms with Gasteiger partial charge in [-0.3, -0.25) is 0 Å². The highest BCUT2D eigenvalue weighted by Crippen LogP contribution is 2.29. The maximum Gasteiger partial charge on any atom is 0.134 e. The molecule has 0 saturated heterocycles. The van der Waals surface area contributed by atoms with Crippen LogP contribution in [-0.4, -0.2) is 0 Å². The lowest BCUT2D eigenvalue weighted by Gasteiger charge is -2.08. The lowest BCUT2D eigenvalue weighted by molar-refractivity contribution is 0.532. The van der Waals surface area contributed by atoms with Crippen LogP contribution in [0, 0.1) is 6.92 Å². The Kier molecular flexibility index (Phi) is 2.67. The summed E-state index contributed by atoms with van der Waals surface area (Å²) in [6, 6.07) is 18.9. The average molecular weight is 236 g/mol. The molecule has 0 aliphatic rings. The quantitative estimate of drug-likeness (QED) is 0.617. The molecular formula is C17H16O. The van der Waals surface area contributed by atoms with Gasteiger partial charge in [0.15, 0.2) is 0 Å². The van der Waals surface area contributed by atoms with Gasteiger partial charge in [0.2, 0.25) is 0 Å². The molecule has 0 amide bonds. The number of benzene rings is 2. The van der Waals surface area contributed by atoms with E-state index in [4.69, 9.17) is 4.42 Å². The van der Waals surface area contributed by atoms with E-state index >= 15 is 0 Å². The molecule has 3 rings (SSSR count). The van der Waals surface area contributed by atoms with Crippen molar-refractivity contribution in [2.45, 2.75) is 19.8 Å². The molecule has 90 valence electrons. The number of hydrogen-bond donors (Lipinski definition) is 0. The summed E-state index contributed by atoms with van der Waals surface area (Å²) in [7, 11) is 0. The average Bonchev–Trinajstić information content (AvgIpc) is 2.82. The highest BCUT2D eigenvalue weighted by Gasteiger charge is 2.13. The fourth-order valence-electron chi connectivity index (χ4n) is 2.24. The second kappa shape index (κ2) is 4.34. The summed E-state index contributed by atoms with van der Waals surface area (Å²) in [5.41, 5.74) is 3.54. The van der Waals surface area contributed by atoms with E-state index in [1.807, 2.05) is 18.2 Å². The minimum absolute atomic E-state index is 0.290. The topological polar surface area (TPSA) is 13.1 Å². The molecule has 3 aromatic rings. The molecule has 1 heteroatoms. The Balaban J connectivity index is 2.00. The van der Waals surface area contributed by atoms with E-state index in [1.165, 1.54) is 16.5 Å². The first-order valence-corrected chi connectivity index (χ1v) is 6.29. The SMILES string of the molecule is Cc1ccc(C(C)c2cc3ccccc3o2)cc1. The van der Waals surface area contributed by atoms with Gasteiger partial charge in [0.1, 0.15) is 11.3 Å². The second-order valence-electron chi connectivity index (χ2n) is 4.82. The minimum atomic E-state index is 0.290. The summed E-state index contributed by atoms with van der Waals surface area (Å²) < 4.78 is 5.91. The van der Waals surface area contributed by atoms with Crippen LogP contribution in [-0.2, 0) is 0 Å². The van der Waals surface area contributed by atoms with Crippen LogP contribution in [0.1, 0.15) is 29.7 Å². The predicted molar refractivity (Wildman–Crippen MR) is 74.9 cm³/mol. The molecule has 0 N–H and O–H groups in total. The van der Waals surface area contributed by atoms with Gasteiger partial charge in [-0.2, -0.15) is 0 Å². The molecule has 0 spiro atoms. The summed E-state index contributed by atoms with van der Waals surface area (Å²) in [5, 5.41) is 1.17. The van der Waals surface area contributed by atoms with Crippen molar-refractivity contribution < 1.29 is 4.42 Å². The Hall–Kier alpha value is -2.02. The Morgan fingerprint density at radius 2 is 1.67 bits per heavy atom. The van der Waals surface area contributed by atoms with Crippen molar-refractivity contribution in [3.8, 4) is 0 Å². The van der Waals surface area contributed by atoms with Crippen LogP contribution >= 0.6 is 0 Å². The third kappa shape index (κ3) is 1.92. The van der Waals surface area contributed by atoms with Crippen LogP contribution in [0.2, 0.25) is 0 Å². The van der Waals surface area contributed by atoms with E-state index in [0.29, 0.717) is 0 Å². The maximum atomic E-state index is 5.91. The van der Waals surface area contributed by atoms with Gasteiger partial charge in [-0.15, -0.1) is 0 Å². The summed E-state index contributed by atoms with van der Waals surface area (Å²) in [4.78, 5) is 0. The van der Waals surface area contributed by atoms with Gasteiger partial charge < -0.3 is 4.42 Å². The molecule has 2 aromatic carbocycles. The van der Waals surface area contributed by atoms with E-state index in [-0.39, 0.29) is 5.92 Å². The van der Waals surface area contributed by atoms with Gasteiger partial charge in [-0.25, -0.2) is 0 Å². The van der Waals surface area contributed by atoms with Gasteiger partial charge in [0.05, 0.1) is 0 Å². The van der Waals surface area contributed by atoms with Crippen LogP contribution in [0.15, 0.2) is 59.0 Å². The van der Waals surface area contributed by atoms with Crippen LogP contribution in [0.4, 0.5) is 0 Å². The zero-order valence-corrected chi connectivity index (χ0v) is 10.7. The zero-order valence-electron chi connectivity index (χ0n) is 10.7. The van der Waals surface area contributed by atoms with E-state index < -0.39 is 0 Å². The number of para-hydroxylation sites is 1. The van der Waals surface area contributed by atoms with Crippen LogP contribution < -0.4 is 0 Å². The number of aryl methyl sites for hydroxylation is 1. The number of fused-ring (bicyclic) bond motifs is 1. The molecule has 0 aliphatic carbocycles. The maximum absolute atomic E-state index is 5.91. The van der Waals surface area contributed by atoms with Crippen molar-refractivity contribution in [2.24, 2.45) is 0 Å². The zero-order chi connectivity index (χ0) is 12.5. The third-order valence-corrected chi connectivity index (χ3v) is 3.45. The van der Waals surface area contributed by atoms with E-state index in [2.05, 4.69) is 50.2 Å². The standard InChI is InChI=1S/C17H16O/c1-12-7-9-14(10-8-12)13(2)17-11-15-5-3-4-6-16(15)18-17/h3-11,13H,1-2H3. The number of furan rings is 1. The highest BCUT2D eigenvalue weighted by atomic mass is 16.3. The summed E-state index contributed by atoms with van der Waals surface area (Å²) in [6.07, 6.45) is 0. The van der Waals surface area contributed by atoms with Crippen LogP contribution in [0.5, 0.6) is 0 Å². The van der Waals surface area contributed by atoms with Gasteiger partial charge >= 0.3 is 0 Å². The largest absolute Gasteiger partial charge is 0.460 e. The fraction of sp³-hybridized carbons (Fsp3) is 0.176. The summed E-state index contributed by atoms with van der Waals surface area (Å²) >= 11 is 0. The molecular weight excluding hydrogens is 220 g/mol. The van der Waals surface area contributed by atoms with E-state index in [1.54, 1.807) is 0 Å². The lowest BCUT2D eigenvalue weighted by Crippen LogP contribution is -1.93. The highest BCUT2D eigenvalue weighted by molar-refractivity contribution is 5.77. The van der Waals surface area contributed by atoms with Crippen molar-refractivity contribution in [1.29, 1.82) is 0 Å². The molecule has 1 atom stereocenters. The Labute approximate surface area is 107 Å². The Morgan fingerprint density at radius 3 is 2.39 bits per heavy atom. The molecule has 1 nitrogen and oxygen atoms in total. The lowest BCUT2D eigenvalue weighted by atomic mass is 9.97. The van der Waals surface area contributed by atoms with Crippen molar-refractivity contribution in [3.05, 3.63) is 71.5 Å². The monoisotopic (exact) mass is 236 g/mol. The summed E-state index contributed by atoms with van der Waals surface area (Å²) in [5.74, 6) is 1.32. The molecule has 0 saturated carbocycles. The summed E-state index contributed by atoms with van der Waals surface area (Å²) in [6.45, 7) is 4.29. The van der Waals surface area contributed by atoms with Crippen LogP contribution in [0.25, 0.3) is 11.0 Å². The van der Waals surface area contributed by atoms with Gasteiger partial charge in [0, 0.05) is 11.3 Å². The first-order valence-electron chi connectivity index (χ1n) is 6.29. The van der Waals surface area contributed by atoms with Crippen LogP contribution in [0.3, 0.4) is 0 Å². The molecule has 0 bridgehead atoms. The number of rotatable bonds is 2. The normalized spacial score (nSPS) is 12.8. The van der Waals surface area contributed by atoms with Crippen molar-refractivity contribution in [2.75, 3.05) is 0 Å². The first kappa shape index (κ1) is 11.1. The van der Waals surface area contributed by atoms with Crippen molar-refractivity contribution >= 4 is 11.0 Å². The molecule has 1 heterocycles. The smallest absolute Gasteiger partial charge is 0.134 e. The van der Waals surface area contributed by atoms with Gasteiger partial charge in [-0.1, -0.05) is 55.0 Å². The Morgan fingerprint density at radius 1 is 0.944 bits per heavy atom. The fourth-order valence-corrected chi connectivity index (χ4v) is 2.24. The molecule has 18 heavy (non-hydrogen) atoms. The van der Waals surface area contributed by atoms with Crippen molar-refractivity contribution in [1.82, 2.24) is 0 Å². The third-order valence-electron chi connectivity index (χ3n) is 3.45. The molecule has 1 unspecified atom stereocenters. The number of hydrogen-bond acceptors (Lipinski definition) is 1. The van der Waals surface area contributed by atoms with Gasteiger partial charge in [0.25, 0.3) is 0 Å². The molecule has 1 aromatic heterocycles. The molecule has 0 aliphatic heterocycles. The van der Waals surface area contributed by atoms with E-state index in [0.717, 1.165) is 11.3 Å². The van der Waals surface area contributed by atoms with Gasteiger partial charge in [-0.05, 0) is 24.6 Å². The van der Waals surface area contributed by atoms with Crippen molar-refractivity contribution in [3.63, 3.8) is 0 Å². The minimum Gasteiger partial charge on any atom is -0.460 e. The molecule has 0 radical (unpaired) electrons. The predicted octanol–water partition coefficient (Wildman–Crippen LogP) is 4.89. The first-order chi connectivity index (χ1) is 8.74. The Bertz CT molecular complexity index is 628. The second-order valence-corrected chi connectivity index (χ2v) is 4.82. The molecule has 0 fully saturated rings. The van der Waals surface area contributed by atoms with E-state index in [9.17, 15) is 0 Å².